The van der Waals surface area contributed by atoms with Crippen molar-refractivity contribution in [1.29, 1.82) is 0 Å². The van der Waals surface area contributed by atoms with Crippen molar-refractivity contribution < 1.29 is 13.5 Å². The third kappa shape index (κ3) is 4.70. The number of halogens is 2. The van der Waals surface area contributed by atoms with Crippen LogP contribution in [0.2, 0.25) is 0 Å². The Morgan fingerprint density at radius 1 is 1.06 bits per heavy atom. The summed E-state index contributed by atoms with van der Waals surface area (Å²) in [4.78, 5) is 25.6. The van der Waals surface area contributed by atoms with E-state index in [2.05, 4.69) is 60.3 Å². The van der Waals surface area contributed by atoms with Crippen molar-refractivity contribution >= 4 is 28.5 Å². The lowest BCUT2D eigenvalue weighted by atomic mass is 9.91. The largest absolute Gasteiger partial charge is 0.494 e. The van der Waals surface area contributed by atoms with Crippen LogP contribution in [0.1, 0.15) is 20.3 Å². The quantitative estimate of drug-likeness (QED) is 0.295. The van der Waals surface area contributed by atoms with Crippen LogP contribution in [0.3, 0.4) is 0 Å². The first-order chi connectivity index (χ1) is 17.3. The van der Waals surface area contributed by atoms with Gasteiger partial charge in [0.05, 0.1) is 30.4 Å². The zero-order chi connectivity index (χ0) is 25.3. The number of hydrazine groups is 1. The van der Waals surface area contributed by atoms with Gasteiger partial charge in [-0.25, -0.2) is 24.3 Å². The molecule has 0 saturated carbocycles. The van der Waals surface area contributed by atoms with Crippen molar-refractivity contribution in [3.63, 3.8) is 0 Å². The Balaban J connectivity index is 1.56. The monoisotopic (exact) mass is 494 g/mol. The number of rotatable bonds is 6. The molecule has 4 aromatic rings. The Morgan fingerprint density at radius 2 is 1.92 bits per heavy atom. The first kappa shape index (κ1) is 23.6. The minimum atomic E-state index is -0.833. The number of anilines is 3. The maximum Gasteiger partial charge on any atom is 0.229 e. The molecule has 4 aromatic heterocycles. The molecular weight excluding hydrogens is 470 g/mol. The number of hydrogen-bond donors (Lipinski definition) is 4. The van der Waals surface area contributed by atoms with Gasteiger partial charge in [-0.05, 0) is 38.5 Å². The van der Waals surface area contributed by atoms with E-state index in [1.807, 2.05) is 0 Å². The first-order valence-electron chi connectivity index (χ1n) is 11.2. The molecule has 0 amide bonds. The van der Waals surface area contributed by atoms with Gasteiger partial charge in [-0.2, -0.15) is 9.37 Å². The Morgan fingerprint density at radius 3 is 2.72 bits per heavy atom. The molecule has 11 nitrogen and oxygen atoms in total. The molecule has 1 aliphatic rings. The molecule has 4 N–H and O–H groups in total. The van der Waals surface area contributed by atoms with Crippen LogP contribution in [0.5, 0.6) is 5.75 Å². The molecule has 186 valence electrons. The molecule has 5 rings (SSSR count). The lowest BCUT2D eigenvalue weighted by Crippen LogP contribution is -2.63. The highest BCUT2D eigenvalue weighted by molar-refractivity contribution is 5.95. The molecule has 36 heavy (non-hydrogen) atoms. The fourth-order valence-electron chi connectivity index (χ4n) is 3.96. The highest BCUT2D eigenvalue weighted by Crippen LogP contribution is 2.33. The number of ether oxygens (including phenoxy) is 1. The van der Waals surface area contributed by atoms with Crippen LogP contribution >= 0.6 is 0 Å². The van der Waals surface area contributed by atoms with Crippen LogP contribution in [0.25, 0.3) is 22.4 Å². The average Bonchev–Trinajstić information content (AvgIpc) is 2.87. The van der Waals surface area contributed by atoms with Gasteiger partial charge in [-0.1, -0.05) is 0 Å². The molecule has 0 aliphatic carbocycles. The first-order valence-corrected chi connectivity index (χ1v) is 11.2. The summed E-state index contributed by atoms with van der Waals surface area (Å²) in [6.45, 7) is 4.95. The highest BCUT2D eigenvalue weighted by Gasteiger charge is 2.33. The third-order valence-electron chi connectivity index (χ3n) is 5.87. The molecule has 1 saturated heterocycles. The predicted octanol–water partition coefficient (Wildman–Crippen LogP) is 2.96. The normalized spacial score (nSPS) is 17.1. The number of fused-ring (bicyclic) bond motifs is 1. The summed E-state index contributed by atoms with van der Waals surface area (Å²) in [7, 11) is 1.56. The molecule has 1 atom stereocenters. The fourth-order valence-corrected chi connectivity index (χ4v) is 3.96. The van der Waals surface area contributed by atoms with Crippen molar-refractivity contribution in [3.8, 4) is 17.3 Å². The van der Waals surface area contributed by atoms with E-state index < -0.39 is 11.8 Å². The summed E-state index contributed by atoms with van der Waals surface area (Å²) in [6.07, 6.45) is 5.54. The number of hydrogen-bond acceptors (Lipinski definition) is 11. The average molecular weight is 495 g/mol. The van der Waals surface area contributed by atoms with E-state index in [0.717, 1.165) is 25.1 Å². The third-order valence-corrected chi connectivity index (χ3v) is 5.87. The van der Waals surface area contributed by atoms with Gasteiger partial charge in [0.25, 0.3) is 0 Å². The Kier molecular flexibility index (Phi) is 6.24. The molecule has 13 heteroatoms. The fraction of sp³-hybridized carbons (Fsp3) is 0.304. The van der Waals surface area contributed by atoms with Crippen molar-refractivity contribution in [2.24, 2.45) is 0 Å². The minimum Gasteiger partial charge on any atom is -0.494 e. The molecule has 0 radical (unpaired) electrons. The van der Waals surface area contributed by atoms with Crippen LogP contribution in [-0.4, -0.2) is 55.1 Å². The maximum absolute atomic E-state index is 14.1. The van der Waals surface area contributed by atoms with Gasteiger partial charge in [0.1, 0.15) is 17.3 Å². The van der Waals surface area contributed by atoms with Gasteiger partial charge in [0, 0.05) is 24.3 Å². The Hall–Kier alpha value is -4.10. The maximum atomic E-state index is 14.1. The summed E-state index contributed by atoms with van der Waals surface area (Å²) in [5.41, 5.74) is 7.12. The van der Waals surface area contributed by atoms with Crippen LogP contribution in [0, 0.1) is 11.8 Å². The molecular formula is C23H24F2N10O. The number of aromatic nitrogens is 6. The zero-order valence-corrected chi connectivity index (χ0v) is 19.8. The van der Waals surface area contributed by atoms with Gasteiger partial charge >= 0.3 is 0 Å². The van der Waals surface area contributed by atoms with Crippen LogP contribution in [-0.2, 0) is 0 Å². The zero-order valence-electron chi connectivity index (χ0n) is 19.8. The van der Waals surface area contributed by atoms with E-state index in [0.29, 0.717) is 28.2 Å². The van der Waals surface area contributed by atoms with Crippen LogP contribution < -0.4 is 26.2 Å². The van der Waals surface area contributed by atoms with Gasteiger partial charge < -0.3 is 15.4 Å². The lowest BCUT2D eigenvalue weighted by molar-refractivity contribution is 0.233. The van der Waals surface area contributed by atoms with E-state index in [1.165, 1.54) is 6.20 Å². The molecule has 1 aliphatic heterocycles. The standard InChI is InChI=1S/C23H24F2N10O/c1-23(2)16(7-9-28-35-23)31-21-18-14(10-26-11-15(18)36-3)29-20(33-21)13-6-8-27-22(30-13)34-19-12(24)4-5-17(25)32-19/h4-6,8,10-11,16,28,35H,7,9H2,1-3H3,(H,29,31,33)(H,27,30,32,34)/t16-/m0/s1. The number of nitrogens with zero attached hydrogens (tertiary/aromatic N) is 6. The highest BCUT2D eigenvalue weighted by atomic mass is 19.1. The molecule has 5 heterocycles. The SMILES string of the molecule is COc1cncc2nc(-c3ccnc(Nc4nc(F)ccc4F)n3)nc(N[C@H]3CCNNC3(C)C)c12. The van der Waals surface area contributed by atoms with E-state index in [9.17, 15) is 8.78 Å². The molecule has 0 spiro atoms. The number of methoxy groups -OCH3 is 1. The molecule has 1 fully saturated rings. The molecule has 0 aromatic carbocycles. The van der Waals surface area contributed by atoms with E-state index in [1.54, 1.807) is 25.6 Å². The summed E-state index contributed by atoms with van der Waals surface area (Å²) in [5, 5.41) is 6.83. The van der Waals surface area contributed by atoms with Crippen molar-refractivity contribution in [2.75, 3.05) is 24.3 Å². The topological polar surface area (TPSA) is 135 Å². The van der Waals surface area contributed by atoms with E-state index in [-0.39, 0.29) is 29.2 Å². The second kappa shape index (κ2) is 9.51. The molecule has 0 bridgehead atoms. The lowest BCUT2D eigenvalue weighted by Gasteiger charge is -2.40. The second-order valence-corrected chi connectivity index (χ2v) is 8.75. The smallest absolute Gasteiger partial charge is 0.229 e. The van der Waals surface area contributed by atoms with Crippen LogP contribution in [0.4, 0.5) is 26.4 Å². The number of nitrogens with one attached hydrogen (secondary N) is 4. The van der Waals surface area contributed by atoms with Gasteiger partial charge in [-0.3, -0.25) is 15.8 Å². The van der Waals surface area contributed by atoms with Gasteiger partial charge in [0.2, 0.25) is 11.9 Å². The minimum absolute atomic E-state index is 0.00941. The summed E-state index contributed by atoms with van der Waals surface area (Å²) in [5.74, 6) is -0.520. The van der Waals surface area contributed by atoms with Gasteiger partial charge in [-0.15, -0.1) is 0 Å². The van der Waals surface area contributed by atoms with E-state index >= 15 is 0 Å². The predicted molar refractivity (Wildman–Crippen MR) is 130 cm³/mol. The number of pyridine rings is 2. The van der Waals surface area contributed by atoms with Crippen molar-refractivity contribution in [1.82, 2.24) is 40.8 Å². The Bertz CT molecular complexity index is 1420. The van der Waals surface area contributed by atoms with Crippen molar-refractivity contribution in [2.45, 2.75) is 31.8 Å². The summed E-state index contributed by atoms with van der Waals surface area (Å²) in [6, 6.07) is 3.55. The van der Waals surface area contributed by atoms with E-state index in [4.69, 9.17) is 9.72 Å². The second-order valence-electron chi connectivity index (χ2n) is 8.75. The Labute approximate surface area is 205 Å². The summed E-state index contributed by atoms with van der Waals surface area (Å²) >= 11 is 0. The van der Waals surface area contributed by atoms with Crippen LogP contribution in [0.15, 0.2) is 36.8 Å². The molecule has 0 unspecified atom stereocenters. The van der Waals surface area contributed by atoms with Crippen molar-refractivity contribution in [3.05, 3.63) is 48.6 Å². The summed E-state index contributed by atoms with van der Waals surface area (Å²) < 4.78 is 33.1. The van der Waals surface area contributed by atoms with Gasteiger partial charge in [0.15, 0.2) is 17.5 Å².